The van der Waals surface area contributed by atoms with Crippen molar-refractivity contribution in [3.8, 4) is 0 Å². The van der Waals surface area contributed by atoms with Crippen LogP contribution in [0.3, 0.4) is 0 Å². The van der Waals surface area contributed by atoms with Crippen LogP contribution < -0.4 is 15.1 Å². The fraction of sp³-hybridized carbons (Fsp3) is 0.308. The van der Waals surface area contributed by atoms with Gasteiger partial charge in [-0.25, -0.2) is 9.97 Å². The SMILES string of the molecule is CN1CCN(c2cc3nc(N(c4ncc[nH]4)C4CSC4)[nH]c3cc2C(=O)Nc2ccc3[nH]ncc3c2)CC1. The first-order valence-corrected chi connectivity index (χ1v) is 13.9. The van der Waals surface area contributed by atoms with Crippen molar-refractivity contribution in [3.05, 3.63) is 54.5 Å². The lowest BCUT2D eigenvalue weighted by Gasteiger charge is -2.35. The third-order valence-corrected chi connectivity index (χ3v) is 8.54. The molecule has 5 heterocycles. The van der Waals surface area contributed by atoms with Crippen molar-refractivity contribution in [1.29, 1.82) is 0 Å². The number of hydrogen-bond acceptors (Lipinski definition) is 8. The Morgan fingerprint density at radius 1 is 1.11 bits per heavy atom. The number of amides is 1. The molecule has 194 valence electrons. The first-order chi connectivity index (χ1) is 18.6. The molecule has 0 aliphatic carbocycles. The van der Waals surface area contributed by atoms with Gasteiger partial charge in [0, 0.05) is 61.2 Å². The number of hydrogen-bond donors (Lipinski definition) is 4. The lowest BCUT2D eigenvalue weighted by atomic mass is 10.1. The Labute approximate surface area is 223 Å². The highest BCUT2D eigenvalue weighted by atomic mass is 32.2. The number of nitrogens with one attached hydrogen (secondary N) is 4. The van der Waals surface area contributed by atoms with Crippen LogP contribution in [-0.4, -0.2) is 91.7 Å². The maximum absolute atomic E-state index is 13.7. The maximum atomic E-state index is 13.7. The van der Waals surface area contributed by atoms with Crippen molar-refractivity contribution in [2.75, 3.05) is 59.8 Å². The van der Waals surface area contributed by atoms with E-state index in [1.807, 2.05) is 48.3 Å². The highest BCUT2D eigenvalue weighted by molar-refractivity contribution is 8.00. The number of piperazine rings is 1. The summed E-state index contributed by atoms with van der Waals surface area (Å²) in [5.74, 6) is 3.37. The third-order valence-electron chi connectivity index (χ3n) is 7.30. The summed E-state index contributed by atoms with van der Waals surface area (Å²) in [5.41, 5.74) is 4.82. The molecule has 0 bridgehead atoms. The molecule has 0 radical (unpaired) electrons. The van der Waals surface area contributed by atoms with Gasteiger partial charge in [-0.05, 0) is 37.4 Å². The number of aromatic nitrogens is 6. The first-order valence-electron chi connectivity index (χ1n) is 12.7. The number of H-pyrrole nitrogens is 3. The minimum atomic E-state index is -0.155. The lowest BCUT2D eigenvalue weighted by Crippen LogP contribution is -2.45. The summed E-state index contributed by atoms with van der Waals surface area (Å²) in [6.07, 6.45) is 5.33. The van der Waals surface area contributed by atoms with Gasteiger partial charge >= 0.3 is 0 Å². The predicted molar refractivity (Wildman–Crippen MR) is 152 cm³/mol. The second-order valence-corrected chi connectivity index (χ2v) is 10.9. The molecule has 2 aliphatic heterocycles. The van der Waals surface area contributed by atoms with Crippen molar-refractivity contribution in [2.24, 2.45) is 0 Å². The summed E-state index contributed by atoms with van der Waals surface area (Å²) >= 11 is 1.91. The molecule has 2 saturated heterocycles. The number of aromatic amines is 3. The van der Waals surface area contributed by atoms with E-state index in [1.54, 1.807) is 12.4 Å². The normalized spacial score (nSPS) is 16.7. The lowest BCUT2D eigenvalue weighted by molar-refractivity contribution is 0.102. The van der Waals surface area contributed by atoms with E-state index in [0.29, 0.717) is 11.6 Å². The average molecular weight is 529 g/mol. The molecule has 0 atom stereocenters. The van der Waals surface area contributed by atoms with E-state index >= 15 is 0 Å². The van der Waals surface area contributed by atoms with E-state index in [0.717, 1.165) is 82.9 Å². The molecule has 11 nitrogen and oxygen atoms in total. The Balaban J connectivity index is 1.28. The number of benzene rings is 2. The topological polar surface area (TPSA) is 125 Å². The Morgan fingerprint density at radius 3 is 2.74 bits per heavy atom. The van der Waals surface area contributed by atoms with E-state index < -0.39 is 0 Å². The zero-order chi connectivity index (χ0) is 25.6. The number of carbonyl (C=O) groups is 1. The summed E-state index contributed by atoms with van der Waals surface area (Å²) in [5, 5.41) is 11.1. The first kappa shape index (κ1) is 23.1. The molecular formula is C26H28N10OS. The fourth-order valence-electron chi connectivity index (χ4n) is 5.06. The Morgan fingerprint density at radius 2 is 1.97 bits per heavy atom. The molecule has 0 unspecified atom stereocenters. The molecule has 2 aliphatic rings. The van der Waals surface area contributed by atoms with E-state index in [9.17, 15) is 4.79 Å². The summed E-state index contributed by atoms with van der Waals surface area (Å²) in [6.45, 7) is 3.57. The maximum Gasteiger partial charge on any atom is 0.257 e. The van der Waals surface area contributed by atoms with Gasteiger partial charge in [0.15, 0.2) is 0 Å². The van der Waals surface area contributed by atoms with Gasteiger partial charge in [-0.1, -0.05) is 0 Å². The van der Waals surface area contributed by atoms with Crippen LogP contribution in [0.5, 0.6) is 0 Å². The van der Waals surface area contributed by atoms with Gasteiger partial charge in [-0.2, -0.15) is 16.9 Å². The van der Waals surface area contributed by atoms with Gasteiger partial charge in [-0.15, -0.1) is 0 Å². The second-order valence-electron chi connectivity index (χ2n) is 9.84. The van der Waals surface area contributed by atoms with Gasteiger partial charge in [0.05, 0.1) is 40.0 Å². The van der Waals surface area contributed by atoms with Crippen molar-refractivity contribution in [2.45, 2.75) is 6.04 Å². The number of imidazole rings is 2. The minimum Gasteiger partial charge on any atom is -0.368 e. The summed E-state index contributed by atoms with van der Waals surface area (Å²) in [6, 6.07) is 10.0. The number of thioether (sulfide) groups is 1. The van der Waals surface area contributed by atoms with Gasteiger partial charge < -0.3 is 25.1 Å². The van der Waals surface area contributed by atoms with Crippen LogP contribution in [0.1, 0.15) is 10.4 Å². The van der Waals surface area contributed by atoms with E-state index in [1.165, 1.54) is 0 Å². The van der Waals surface area contributed by atoms with E-state index in [4.69, 9.17) is 4.98 Å². The van der Waals surface area contributed by atoms with Crippen molar-refractivity contribution in [1.82, 2.24) is 35.0 Å². The van der Waals surface area contributed by atoms with Crippen molar-refractivity contribution >= 4 is 62.9 Å². The highest BCUT2D eigenvalue weighted by Gasteiger charge is 2.31. The monoisotopic (exact) mass is 528 g/mol. The molecule has 12 heteroatoms. The van der Waals surface area contributed by atoms with Gasteiger partial charge in [-0.3, -0.25) is 14.8 Å². The average Bonchev–Trinajstić information content (AvgIpc) is 3.66. The van der Waals surface area contributed by atoms with Crippen molar-refractivity contribution < 1.29 is 4.79 Å². The van der Waals surface area contributed by atoms with Crippen LogP contribution in [0.4, 0.5) is 23.3 Å². The molecule has 7 rings (SSSR count). The van der Waals surface area contributed by atoms with Crippen LogP contribution in [0, 0.1) is 0 Å². The summed E-state index contributed by atoms with van der Waals surface area (Å²) in [4.78, 5) is 36.6. The molecule has 3 aromatic heterocycles. The van der Waals surface area contributed by atoms with Crippen LogP contribution >= 0.6 is 11.8 Å². The van der Waals surface area contributed by atoms with Crippen LogP contribution in [0.25, 0.3) is 21.9 Å². The molecule has 5 aromatic rings. The largest absolute Gasteiger partial charge is 0.368 e. The number of nitrogens with zero attached hydrogens (tertiary/aromatic N) is 6. The zero-order valence-electron chi connectivity index (χ0n) is 20.9. The minimum absolute atomic E-state index is 0.155. The van der Waals surface area contributed by atoms with Crippen LogP contribution in [0.15, 0.2) is 48.9 Å². The highest BCUT2D eigenvalue weighted by Crippen LogP contribution is 2.34. The van der Waals surface area contributed by atoms with Gasteiger partial charge in [0.25, 0.3) is 5.91 Å². The number of fused-ring (bicyclic) bond motifs is 2. The molecule has 38 heavy (non-hydrogen) atoms. The predicted octanol–water partition coefficient (Wildman–Crippen LogP) is 3.42. The number of anilines is 4. The Bertz CT molecular complexity index is 1600. The fourth-order valence-corrected chi connectivity index (χ4v) is 5.81. The summed E-state index contributed by atoms with van der Waals surface area (Å²) < 4.78 is 0. The molecule has 2 fully saturated rings. The van der Waals surface area contributed by atoms with Gasteiger partial charge in [0.2, 0.25) is 11.9 Å². The van der Waals surface area contributed by atoms with Gasteiger partial charge in [0.1, 0.15) is 0 Å². The van der Waals surface area contributed by atoms with Crippen LogP contribution in [-0.2, 0) is 0 Å². The second kappa shape index (κ2) is 9.37. The Hall–Kier alpha value is -4.03. The molecule has 0 spiro atoms. The third kappa shape index (κ3) is 4.15. The molecule has 1 amide bonds. The molecular weight excluding hydrogens is 500 g/mol. The standard InChI is InChI=1S/C26H28N10OS/c1-34-6-8-35(9-7-34)23-12-22-21(31-26(32-22)36(18-14-38-15-18)25-27-4-5-28-25)11-19(23)24(37)30-17-2-3-20-16(10-17)13-29-33-20/h2-5,10-13,18H,6-9,14-15H2,1H3,(H,27,28)(H,29,33)(H,30,37)(H,31,32). The number of likely N-dealkylation sites (N-methyl/N-ethyl adjacent to an activating group) is 1. The smallest absolute Gasteiger partial charge is 0.257 e. The number of rotatable bonds is 6. The van der Waals surface area contributed by atoms with Crippen molar-refractivity contribution in [3.63, 3.8) is 0 Å². The van der Waals surface area contributed by atoms with E-state index in [-0.39, 0.29) is 5.91 Å². The van der Waals surface area contributed by atoms with Crippen LogP contribution in [0.2, 0.25) is 0 Å². The summed E-state index contributed by atoms with van der Waals surface area (Å²) in [7, 11) is 2.13. The van der Waals surface area contributed by atoms with E-state index in [2.05, 4.69) is 52.2 Å². The quantitative estimate of drug-likeness (QED) is 0.264. The molecule has 0 saturated carbocycles. The Kier molecular flexibility index (Phi) is 5.70. The zero-order valence-corrected chi connectivity index (χ0v) is 21.8. The molecule has 2 aromatic carbocycles. The molecule has 4 N–H and O–H groups in total. The number of carbonyl (C=O) groups excluding carboxylic acids is 1.